The number of likely N-dealkylation sites (tertiary alicyclic amines) is 1. The number of hydrogen-bond acceptors (Lipinski definition) is 6. The van der Waals surface area contributed by atoms with Gasteiger partial charge in [-0.3, -0.25) is 15.0 Å². The molecule has 1 fully saturated rings. The van der Waals surface area contributed by atoms with Gasteiger partial charge < -0.3 is 19.4 Å². The Balaban J connectivity index is 1.46. The first-order valence-corrected chi connectivity index (χ1v) is 13.0. The Kier molecular flexibility index (Phi) is 7.51. The number of aromatic amines is 1. The maximum absolute atomic E-state index is 13.1. The van der Waals surface area contributed by atoms with E-state index < -0.39 is 6.09 Å². The zero-order chi connectivity index (χ0) is 27.5. The maximum Gasteiger partial charge on any atom is 0.411 e. The lowest BCUT2D eigenvalue weighted by Gasteiger charge is -2.18. The lowest BCUT2D eigenvalue weighted by Crippen LogP contribution is -2.28. The van der Waals surface area contributed by atoms with E-state index in [0.717, 1.165) is 65.1 Å². The number of carbonyl (C=O) groups excluding carboxylic acids is 2. The molecule has 39 heavy (non-hydrogen) atoms. The molecule has 1 saturated heterocycles. The Morgan fingerprint density at radius 3 is 2.69 bits per heavy atom. The monoisotopic (exact) mass is 527 g/mol. The summed E-state index contributed by atoms with van der Waals surface area (Å²) in [5, 5.41) is 3.72. The van der Waals surface area contributed by atoms with Crippen molar-refractivity contribution in [2.45, 2.75) is 19.4 Å². The molecule has 2 N–H and O–H groups in total. The molecule has 1 aliphatic heterocycles. The number of methoxy groups -OCH3 is 1. The van der Waals surface area contributed by atoms with Crippen molar-refractivity contribution >= 4 is 28.7 Å². The smallest absolute Gasteiger partial charge is 0.411 e. The molecule has 0 spiro atoms. The quantitative estimate of drug-likeness (QED) is 0.341. The number of amides is 2. The molecule has 202 valence electrons. The number of benzene rings is 2. The molecule has 1 unspecified atom stereocenters. The SMILES string of the molecule is CCN1CCC(OC(=O)Nc2ccc(-c3cnc4[nH]cc(-c5ccccc5OC)c4c3)cc2C(=O)N(C)C)C1. The minimum atomic E-state index is -0.560. The van der Waals surface area contributed by atoms with Crippen LogP contribution in [-0.2, 0) is 4.74 Å². The van der Waals surface area contributed by atoms with Gasteiger partial charge in [-0.1, -0.05) is 31.2 Å². The van der Waals surface area contributed by atoms with Crippen molar-refractivity contribution in [1.82, 2.24) is 19.8 Å². The second-order valence-corrected chi connectivity index (χ2v) is 9.82. The number of hydrogen-bond donors (Lipinski definition) is 2. The fourth-order valence-corrected chi connectivity index (χ4v) is 4.97. The van der Waals surface area contributed by atoms with Gasteiger partial charge in [-0.15, -0.1) is 0 Å². The van der Waals surface area contributed by atoms with Crippen molar-refractivity contribution in [3.05, 3.63) is 66.5 Å². The lowest BCUT2D eigenvalue weighted by atomic mass is 9.99. The Hall–Kier alpha value is -4.37. The predicted octanol–water partition coefficient (Wildman–Crippen LogP) is 5.25. The van der Waals surface area contributed by atoms with Crippen LogP contribution in [0.2, 0.25) is 0 Å². The minimum Gasteiger partial charge on any atom is -0.496 e. The van der Waals surface area contributed by atoms with E-state index in [1.165, 1.54) is 4.90 Å². The average molecular weight is 528 g/mol. The van der Waals surface area contributed by atoms with Crippen LogP contribution in [-0.4, -0.2) is 78.7 Å². The summed E-state index contributed by atoms with van der Waals surface area (Å²) in [4.78, 5) is 37.4. The molecule has 0 saturated carbocycles. The van der Waals surface area contributed by atoms with Crippen molar-refractivity contribution < 1.29 is 19.1 Å². The third kappa shape index (κ3) is 5.44. The summed E-state index contributed by atoms with van der Waals surface area (Å²) >= 11 is 0. The summed E-state index contributed by atoms with van der Waals surface area (Å²) in [6.45, 7) is 4.64. The number of aromatic nitrogens is 2. The number of nitrogens with one attached hydrogen (secondary N) is 2. The molecule has 1 atom stereocenters. The van der Waals surface area contributed by atoms with Crippen LogP contribution in [0.4, 0.5) is 10.5 Å². The van der Waals surface area contributed by atoms with Crippen molar-refractivity contribution in [2.75, 3.05) is 46.2 Å². The molecule has 0 radical (unpaired) electrons. The molecule has 4 aromatic rings. The average Bonchev–Trinajstić information content (AvgIpc) is 3.59. The third-order valence-corrected chi connectivity index (χ3v) is 7.10. The second kappa shape index (κ2) is 11.2. The van der Waals surface area contributed by atoms with Crippen LogP contribution in [0.3, 0.4) is 0 Å². The van der Waals surface area contributed by atoms with Crippen LogP contribution >= 0.6 is 0 Å². The number of carbonyl (C=O) groups is 2. The molecular weight excluding hydrogens is 494 g/mol. The molecule has 5 rings (SSSR count). The molecule has 9 heteroatoms. The summed E-state index contributed by atoms with van der Waals surface area (Å²) in [6.07, 6.45) is 3.77. The number of para-hydroxylation sites is 1. The number of nitrogens with zero attached hydrogens (tertiary/aromatic N) is 3. The standard InChI is InChI=1S/C30H33N5O4/c1-5-35-13-12-21(18-35)39-30(37)33-26-11-10-19(14-24(26)29(36)34(2)3)20-15-23-25(17-32-28(23)31-16-20)22-8-6-7-9-27(22)38-4/h6-11,14-17,21H,5,12-13,18H2,1-4H3,(H,31,32)(H,33,37). The van der Waals surface area contributed by atoms with Crippen molar-refractivity contribution in [3.63, 3.8) is 0 Å². The van der Waals surface area contributed by atoms with Crippen molar-refractivity contribution in [2.24, 2.45) is 0 Å². The summed E-state index contributed by atoms with van der Waals surface area (Å²) in [7, 11) is 5.02. The molecule has 2 amide bonds. The molecule has 0 aliphatic carbocycles. The molecule has 1 aliphatic rings. The normalized spacial score (nSPS) is 15.3. The highest BCUT2D eigenvalue weighted by Gasteiger charge is 2.25. The zero-order valence-electron chi connectivity index (χ0n) is 22.7. The van der Waals surface area contributed by atoms with E-state index in [0.29, 0.717) is 11.3 Å². The summed E-state index contributed by atoms with van der Waals surface area (Å²) in [5.74, 6) is 0.542. The van der Waals surface area contributed by atoms with E-state index >= 15 is 0 Å². The first kappa shape index (κ1) is 26.2. The highest BCUT2D eigenvalue weighted by molar-refractivity contribution is 6.04. The van der Waals surface area contributed by atoms with Crippen LogP contribution in [0.25, 0.3) is 33.3 Å². The number of fused-ring (bicyclic) bond motifs is 1. The van der Waals surface area contributed by atoms with Gasteiger partial charge in [0.1, 0.15) is 17.5 Å². The van der Waals surface area contributed by atoms with Gasteiger partial charge in [0.05, 0.1) is 18.4 Å². The number of likely N-dealkylation sites (N-methyl/N-ethyl adjacent to an activating group) is 1. The first-order valence-electron chi connectivity index (χ1n) is 13.0. The van der Waals surface area contributed by atoms with Crippen molar-refractivity contribution in [1.29, 1.82) is 0 Å². The van der Waals surface area contributed by atoms with E-state index in [9.17, 15) is 9.59 Å². The summed E-state index contributed by atoms with van der Waals surface area (Å²) in [5.41, 5.74) is 5.08. The number of H-pyrrole nitrogens is 1. The number of anilines is 1. The summed E-state index contributed by atoms with van der Waals surface area (Å²) < 4.78 is 11.2. The fourth-order valence-electron chi connectivity index (χ4n) is 4.97. The van der Waals surface area contributed by atoms with Crippen LogP contribution in [0.1, 0.15) is 23.7 Å². The van der Waals surface area contributed by atoms with Crippen LogP contribution < -0.4 is 10.1 Å². The van der Waals surface area contributed by atoms with E-state index in [1.807, 2.05) is 42.6 Å². The molecule has 0 bridgehead atoms. The van der Waals surface area contributed by atoms with Gasteiger partial charge in [0, 0.05) is 61.7 Å². The molecule has 9 nitrogen and oxygen atoms in total. The Labute approximate surface area is 227 Å². The van der Waals surface area contributed by atoms with Crippen LogP contribution in [0.15, 0.2) is 60.9 Å². The van der Waals surface area contributed by atoms with Crippen LogP contribution in [0.5, 0.6) is 5.75 Å². The number of rotatable bonds is 7. The highest BCUT2D eigenvalue weighted by atomic mass is 16.6. The van der Waals surface area contributed by atoms with E-state index in [-0.39, 0.29) is 12.0 Å². The lowest BCUT2D eigenvalue weighted by molar-refractivity contribution is 0.0828. The third-order valence-electron chi connectivity index (χ3n) is 7.10. The van der Waals surface area contributed by atoms with E-state index in [2.05, 4.69) is 27.1 Å². The molecule has 2 aromatic carbocycles. The fraction of sp³-hybridized carbons (Fsp3) is 0.300. The number of ether oxygens (including phenoxy) is 2. The van der Waals surface area contributed by atoms with Crippen molar-refractivity contribution in [3.8, 4) is 28.0 Å². The van der Waals surface area contributed by atoms with E-state index in [1.54, 1.807) is 39.5 Å². The van der Waals surface area contributed by atoms with Gasteiger partial charge in [-0.05, 0) is 42.8 Å². The zero-order valence-corrected chi connectivity index (χ0v) is 22.7. The predicted molar refractivity (Wildman–Crippen MR) is 152 cm³/mol. The Morgan fingerprint density at radius 2 is 1.95 bits per heavy atom. The largest absolute Gasteiger partial charge is 0.496 e. The molecule has 2 aromatic heterocycles. The second-order valence-electron chi connectivity index (χ2n) is 9.82. The van der Waals surface area contributed by atoms with Gasteiger partial charge in [0.25, 0.3) is 5.91 Å². The maximum atomic E-state index is 13.1. The topological polar surface area (TPSA) is 99.8 Å². The highest BCUT2D eigenvalue weighted by Crippen LogP contribution is 2.36. The van der Waals surface area contributed by atoms with Gasteiger partial charge >= 0.3 is 6.09 Å². The summed E-state index contributed by atoms with van der Waals surface area (Å²) in [6, 6.07) is 15.3. The minimum absolute atomic E-state index is 0.159. The first-order chi connectivity index (χ1) is 18.9. The molecular formula is C30H33N5O4. The Morgan fingerprint density at radius 1 is 1.13 bits per heavy atom. The molecule has 3 heterocycles. The van der Waals surface area contributed by atoms with Gasteiger partial charge in [-0.2, -0.15) is 0 Å². The number of pyridine rings is 1. The van der Waals surface area contributed by atoms with Crippen LogP contribution in [0, 0.1) is 0 Å². The van der Waals surface area contributed by atoms with Gasteiger partial charge in [0.15, 0.2) is 0 Å². The van der Waals surface area contributed by atoms with Gasteiger partial charge in [-0.25, -0.2) is 9.78 Å². The Bertz CT molecular complexity index is 1510. The van der Waals surface area contributed by atoms with E-state index in [4.69, 9.17) is 9.47 Å². The van der Waals surface area contributed by atoms with Gasteiger partial charge in [0.2, 0.25) is 0 Å².